The van der Waals surface area contributed by atoms with Crippen LogP contribution in [0, 0.1) is 6.92 Å². The third-order valence-corrected chi connectivity index (χ3v) is 2.28. The van der Waals surface area contributed by atoms with Crippen molar-refractivity contribution in [3.8, 4) is 0 Å². The van der Waals surface area contributed by atoms with Gasteiger partial charge in [0.2, 0.25) is 0 Å². The molecular formula is C12H17N3. The van der Waals surface area contributed by atoms with E-state index in [1.807, 2.05) is 31.3 Å². The molecule has 0 fully saturated rings. The first kappa shape index (κ1) is 11.3. The lowest BCUT2D eigenvalue weighted by Crippen LogP contribution is -2.10. The predicted octanol–water partition coefficient (Wildman–Crippen LogP) is 2.64. The molecule has 0 spiro atoms. The zero-order valence-electron chi connectivity index (χ0n) is 9.49. The Morgan fingerprint density at radius 3 is 2.80 bits per heavy atom. The zero-order chi connectivity index (χ0) is 11.3. The van der Waals surface area contributed by atoms with E-state index in [1.165, 1.54) is 5.56 Å². The Labute approximate surface area is 91.1 Å². The molecule has 0 aliphatic heterocycles. The molecule has 0 radical (unpaired) electrons. The first-order valence-corrected chi connectivity index (χ1v) is 4.83. The van der Waals surface area contributed by atoms with Crippen LogP contribution in [0.15, 0.2) is 35.6 Å². The highest BCUT2D eigenvalue weighted by molar-refractivity contribution is 5.73. The van der Waals surface area contributed by atoms with Crippen molar-refractivity contribution in [3.05, 3.63) is 36.2 Å². The molecule has 1 rings (SSSR count). The average molecular weight is 203 g/mol. The summed E-state index contributed by atoms with van der Waals surface area (Å²) in [5.41, 5.74) is 3.48. The average Bonchev–Trinajstić information content (AvgIpc) is 2.25. The normalized spacial score (nSPS) is 10.3. The van der Waals surface area contributed by atoms with Crippen LogP contribution in [0.2, 0.25) is 0 Å². The third kappa shape index (κ3) is 2.59. The fourth-order valence-corrected chi connectivity index (χ4v) is 1.50. The molecule has 1 N–H and O–H groups in total. The smallest absolute Gasteiger partial charge is 0.0642 e. The summed E-state index contributed by atoms with van der Waals surface area (Å²) in [4.78, 5) is 5.69. The summed E-state index contributed by atoms with van der Waals surface area (Å²) in [5.74, 6) is 0. The maximum atomic E-state index is 3.69. The summed E-state index contributed by atoms with van der Waals surface area (Å²) in [7, 11) is 3.91. The second kappa shape index (κ2) is 5.20. The van der Waals surface area contributed by atoms with E-state index in [4.69, 9.17) is 0 Å². The molecule has 0 aliphatic carbocycles. The molecule has 0 unspecified atom stereocenters. The molecule has 0 heterocycles. The van der Waals surface area contributed by atoms with Crippen molar-refractivity contribution in [1.29, 1.82) is 0 Å². The number of para-hydroxylation sites is 1. The maximum absolute atomic E-state index is 3.69. The lowest BCUT2D eigenvalue weighted by molar-refractivity contribution is 1.18. The van der Waals surface area contributed by atoms with Gasteiger partial charge in [0, 0.05) is 26.5 Å². The van der Waals surface area contributed by atoms with E-state index in [-0.39, 0.29) is 0 Å². The summed E-state index contributed by atoms with van der Waals surface area (Å²) in [6.45, 7) is 5.49. The summed E-state index contributed by atoms with van der Waals surface area (Å²) in [6, 6.07) is 6.18. The van der Waals surface area contributed by atoms with Crippen molar-refractivity contribution in [2.45, 2.75) is 6.92 Å². The molecule has 1 aromatic rings. The minimum atomic E-state index is 1.12. The van der Waals surface area contributed by atoms with Crippen LogP contribution in [-0.4, -0.2) is 20.8 Å². The molecule has 0 amide bonds. The topological polar surface area (TPSA) is 27.6 Å². The number of nitrogens with one attached hydrogen (secondary N) is 1. The minimum absolute atomic E-state index is 1.12. The highest BCUT2D eigenvalue weighted by atomic mass is 15.1. The lowest BCUT2D eigenvalue weighted by atomic mass is 10.1. The van der Waals surface area contributed by atoms with Crippen LogP contribution in [0.5, 0.6) is 0 Å². The monoisotopic (exact) mass is 203 g/mol. The van der Waals surface area contributed by atoms with E-state index >= 15 is 0 Å². The van der Waals surface area contributed by atoms with Crippen molar-refractivity contribution in [2.75, 3.05) is 24.3 Å². The number of anilines is 2. The van der Waals surface area contributed by atoms with Gasteiger partial charge in [-0.1, -0.05) is 12.1 Å². The largest absolute Gasteiger partial charge is 0.386 e. The minimum Gasteiger partial charge on any atom is -0.386 e. The number of aliphatic imine (C=N–C) groups is 1. The molecule has 0 atom stereocenters. The quantitative estimate of drug-likeness (QED) is 0.762. The van der Waals surface area contributed by atoms with Crippen LogP contribution in [0.25, 0.3) is 0 Å². The number of hydrogen-bond donors (Lipinski definition) is 1. The fraction of sp³-hybridized carbons (Fsp3) is 0.250. The van der Waals surface area contributed by atoms with Crippen LogP contribution in [0.3, 0.4) is 0 Å². The van der Waals surface area contributed by atoms with Gasteiger partial charge in [-0.25, -0.2) is 0 Å². The molecule has 80 valence electrons. The van der Waals surface area contributed by atoms with Crippen LogP contribution < -0.4 is 10.2 Å². The summed E-state index contributed by atoms with van der Waals surface area (Å²) in [6.07, 6.45) is 3.55. The molecule has 3 nitrogen and oxygen atoms in total. The van der Waals surface area contributed by atoms with Gasteiger partial charge < -0.3 is 10.2 Å². The van der Waals surface area contributed by atoms with Crippen LogP contribution >= 0.6 is 0 Å². The van der Waals surface area contributed by atoms with Gasteiger partial charge in [-0.05, 0) is 25.3 Å². The van der Waals surface area contributed by atoms with Crippen LogP contribution in [-0.2, 0) is 0 Å². The highest BCUT2D eigenvalue weighted by Crippen LogP contribution is 2.27. The van der Waals surface area contributed by atoms with Crippen LogP contribution in [0.1, 0.15) is 5.56 Å². The second-order valence-electron chi connectivity index (χ2n) is 3.31. The molecule has 0 saturated carbocycles. The summed E-state index contributed by atoms with van der Waals surface area (Å²) >= 11 is 0. The third-order valence-electron chi connectivity index (χ3n) is 2.28. The molecule has 1 aromatic carbocycles. The highest BCUT2D eigenvalue weighted by Gasteiger charge is 2.05. The number of benzene rings is 1. The standard InChI is InChI=1S/C12H17N3/c1-10-6-5-7-11(12(10)14-3)15(4)9-8-13-2/h5-9,14H,2H2,1,3-4H3/b9-8-. The van der Waals surface area contributed by atoms with Crippen molar-refractivity contribution in [1.82, 2.24) is 0 Å². The van der Waals surface area contributed by atoms with Gasteiger partial charge in [-0.3, -0.25) is 4.99 Å². The zero-order valence-corrected chi connectivity index (χ0v) is 9.49. The van der Waals surface area contributed by atoms with E-state index in [9.17, 15) is 0 Å². The summed E-state index contributed by atoms with van der Waals surface area (Å²) < 4.78 is 0. The molecule has 3 heteroatoms. The Kier molecular flexibility index (Phi) is 3.92. The molecule has 0 bridgehead atoms. The van der Waals surface area contributed by atoms with Crippen LogP contribution in [0.4, 0.5) is 11.4 Å². The van der Waals surface area contributed by atoms with Gasteiger partial charge in [0.15, 0.2) is 0 Å². The van der Waals surface area contributed by atoms with E-state index in [2.05, 4.69) is 36.1 Å². The fourth-order valence-electron chi connectivity index (χ4n) is 1.50. The SMILES string of the molecule is C=N/C=C\N(C)c1cccc(C)c1NC. The van der Waals surface area contributed by atoms with Crippen molar-refractivity contribution in [3.63, 3.8) is 0 Å². The van der Waals surface area contributed by atoms with E-state index in [0.717, 1.165) is 11.4 Å². The maximum Gasteiger partial charge on any atom is 0.0642 e. The molecule has 15 heavy (non-hydrogen) atoms. The Balaban J connectivity index is 3.07. The lowest BCUT2D eigenvalue weighted by Gasteiger charge is -2.19. The molecule has 0 aromatic heterocycles. The number of nitrogens with zero attached hydrogens (tertiary/aromatic N) is 2. The number of aryl methyl sites for hydroxylation is 1. The molecule has 0 aliphatic rings. The van der Waals surface area contributed by atoms with Gasteiger partial charge in [0.05, 0.1) is 11.4 Å². The predicted molar refractivity (Wildman–Crippen MR) is 67.8 cm³/mol. The van der Waals surface area contributed by atoms with Crippen molar-refractivity contribution in [2.24, 2.45) is 4.99 Å². The van der Waals surface area contributed by atoms with Gasteiger partial charge in [-0.15, -0.1) is 0 Å². The number of rotatable bonds is 4. The Bertz CT molecular complexity index is 369. The van der Waals surface area contributed by atoms with Gasteiger partial charge in [0.25, 0.3) is 0 Å². The first-order valence-electron chi connectivity index (χ1n) is 4.83. The van der Waals surface area contributed by atoms with Gasteiger partial charge in [0.1, 0.15) is 0 Å². The van der Waals surface area contributed by atoms with E-state index in [1.54, 1.807) is 6.20 Å². The van der Waals surface area contributed by atoms with Crippen molar-refractivity contribution >= 4 is 18.1 Å². The second-order valence-corrected chi connectivity index (χ2v) is 3.31. The Morgan fingerprint density at radius 2 is 2.20 bits per heavy atom. The Hall–Kier alpha value is -1.77. The number of hydrogen-bond acceptors (Lipinski definition) is 3. The van der Waals surface area contributed by atoms with Crippen molar-refractivity contribution < 1.29 is 0 Å². The first-order chi connectivity index (χ1) is 7.20. The molecule has 0 saturated heterocycles. The van der Waals surface area contributed by atoms with E-state index < -0.39 is 0 Å². The van der Waals surface area contributed by atoms with E-state index in [0.29, 0.717) is 0 Å². The summed E-state index contributed by atoms with van der Waals surface area (Å²) in [5, 5.41) is 3.20. The van der Waals surface area contributed by atoms with Gasteiger partial charge >= 0.3 is 0 Å². The van der Waals surface area contributed by atoms with Gasteiger partial charge in [-0.2, -0.15) is 0 Å². The molecular weight excluding hydrogens is 186 g/mol. The Morgan fingerprint density at radius 1 is 1.47 bits per heavy atom.